The topological polar surface area (TPSA) is 31.2 Å². The Hall–Kier alpha value is 0.912. The monoisotopic (exact) mass is 311 g/mol. The maximum atomic E-state index is 10.1. The van der Waals surface area contributed by atoms with Crippen LogP contribution in [0.5, 0.6) is 0 Å². The van der Waals surface area contributed by atoms with Crippen LogP contribution in [0.25, 0.3) is 5.32 Å². The smallest absolute Gasteiger partial charge is 0.0510 e. The Morgan fingerprint density at radius 3 is 2.43 bits per heavy atom. The van der Waals surface area contributed by atoms with E-state index in [1.165, 1.54) is 0 Å². The standard InChI is InChI=1S/C4H7NO.Ac/c6-4-2-1-3-5-4;/h1-3H2,(H,5,6);/p-1. The molecule has 1 heterocycles. The molecule has 1 rings (SSSR count). The van der Waals surface area contributed by atoms with E-state index < -0.39 is 0 Å². The van der Waals surface area contributed by atoms with Crippen molar-refractivity contribution in [3.8, 4) is 0 Å². The molecule has 1 saturated heterocycles. The second kappa shape index (κ2) is 3.86. The van der Waals surface area contributed by atoms with E-state index in [4.69, 9.17) is 0 Å². The molecule has 3 heteroatoms. The number of amides is 1. The molecule has 7 heavy (non-hydrogen) atoms. The molecule has 2 nitrogen and oxygen atoms in total. The van der Waals surface area contributed by atoms with Crippen LogP contribution in [0, 0.1) is 44.1 Å². The largest absolute Gasteiger partial charge is 0.653 e. The molecule has 1 aliphatic rings. The van der Waals surface area contributed by atoms with Crippen LogP contribution in [0.4, 0.5) is 0 Å². The first-order valence-electron chi connectivity index (χ1n) is 2.10. The zero-order valence-electron chi connectivity index (χ0n) is 4.05. The fourth-order valence-corrected chi connectivity index (χ4v) is 0.513. The summed E-state index contributed by atoms with van der Waals surface area (Å²) in [6, 6.07) is 0. The Kier molecular flexibility index (Phi) is 4.36. The van der Waals surface area contributed by atoms with E-state index in [9.17, 15) is 4.79 Å². The van der Waals surface area contributed by atoms with Crippen LogP contribution in [0.1, 0.15) is 12.8 Å². The molecule has 0 aromatic heterocycles. The second-order valence-electron chi connectivity index (χ2n) is 1.38. The zero-order valence-corrected chi connectivity index (χ0v) is 8.80. The number of rotatable bonds is 0. The van der Waals surface area contributed by atoms with E-state index in [0.29, 0.717) is 6.42 Å². The number of nitrogens with zero attached hydrogens (tertiary/aromatic N) is 1. The van der Waals surface area contributed by atoms with E-state index >= 15 is 0 Å². The van der Waals surface area contributed by atoms with Crippen molar-refractivity contribution >= 4 is 5.91 Å². The molecule has 0 unspecified atom stereocenters. The van der Waals surface area contributed by atoms with Crippen LogP contribution in [0.3, 0.4) is 0 Å². The van der Waals surface area contributed by atoms with Gasteiger partial charge in [-0.3, -0.25) is 0 Å². The van der Waals surface area contributed by atoms with E-state index in [1.807, 2.05) is 0 Å². The van der Waals surface area contributed by atoms with E-state index in [0.717, 1.165) is 13.0 Å². The van der Waals surface area contributed by atoms with Crippen molar-refractivity contribution in [2.45, 2.75) is 12.8 Å². The molecule has 0 spiro atoms. The summed E-state index contributed by atoms with van der Waals surface area (Å²) in [5.41, 5.74) is 0. The van der Waals surface area contributed by atoms with Gasteiger partial charge in [0.05, 0.1) is 5.91 Å². The third-order valence-electron chi connectivity index (χ3n) is 0.837. The summed E-state index contributed by atoms with van der Waals surface area (Å²) in [5.74, 6) is 0.0787. The Bertz CT molecular complexity index is 66.1. The number of hydrogen-bond acceptors (Lipinski definition) is 1. The SMILES string of the molecule is O=C1CCC[N-]1.[Ac]. The number of hydrogen-bond donors (Lipinski definition) is 0. The first kappa shape index (κ1) is 7.91. The van der Waals surface area contributed by atoms with Gasteiger partial charge in [0.2, 0.25) is 0 Å². The molecule has 0 saturated carbocycles. The van der Waals surface area contributed by atoms with Gasteiger partial charge in [-0.25, -0.2) is 0 Å². The summed E-state index contributed by atoms with van der Waals surface area (Å²) in [5, 5.41) is 3.60. The van der Waals surface area contributed by atoms with Crippen molar-refractivity contribution in [3.63, 3.8) is 0 Å². The van der Waals surface area contributed by atoms with Gasteiger partial charge in [0.15, 0.2) is 0 Å². The van der Waals surface area contributed by atoms with Gasteiger partial charge in [0.1, 0.15) is 0 Å². The zero-order chi connectivity index (χ0) is 4.41. The third kappa shape index (κ3) is 2.66. The Balaban J connectivity index is 0.000000360. The van der Waals surface area contributed by atoms with Crippen LogP contribution in [-0.4, -0.2) is 12.5 Å². The molecule has 1 radical (unpaired) electrons. The van der Waals surface area contributed by atoms with Crippen LogP contribution in [0.2, 0.25) is 0 Å². The summed E-state index contributed by atoms with van der Waals surface area (Å²) < 4.78 is 0. The maximum absolute atomic E-state index is 10.1. The van der Waals surface area contributed by atoms with Gasteiger partial charge in [-0.15, -0.1) is 6.54 Å². The summed E-state index contributed by atoms with van der Waals surface area (Å²) in [4.78, 5) is 10.1. The molecule has 0 atom stereocenters. The van der Waals surface area contributed by atoms with Crippen molar-refractivity contribution < 1.29 is 48.9 Å². The second-order valence-corrected chi connectivity index (χ2v) is 1.38. The van der Waals surface area contributed by atoms with Crippen LogP contribution < -0.4 is 0 Å². The molecular weight excluding hydrogens is 305 g/mol. The van der Waals surface area contributed by atoms with Gasteiger partial charge >= 0.3 is 0 Å². The van der Waals surface area contributed by atoms with E-state index in [-0.39, 0.29) is 50.0 Å². The minimum atomic E-state index is 0. The molecular formula is C4H6AcNO-. The van der Waals surface area contributed by atoms with Crippen molar-refractivity contribution in [1.82, 2.24) is 0 Å². The molecule has 0 aromatic rings. The van der Waals surface area contributed by atoms with E-state index in [2.05, 4.69) is 5.32 Å². The van der Waals surface area contributed by atoms with Crippen LogP contribution in [0.15, 0.2) is 0 Å². The molecule has 37 valence electrons. The fraction of sp³-hybridized carbons (Fsp3) is 0.750. The Labute approximate surface area is 78.6 Å². The average molecular weight is 311 g/mol. The van der Waals surface area contributed by atoms with Crippen molar-refractivity contribution in [2.24, 2.45) is 0 Å². The third-order valence-corrected chi connectivity index (χ3v) is 0.837. The molecule has 0 bridgehead atoms. The molecule has 1 fully saturated rings. The molecule has 1 aliphatic heterocycles. The maximum Gasteiger partial charge on any atom is 0.0510 e. The van der Waals surface area contributed by atoms with Gasteiger partial charge < -0.3 is 10.1 Å². The van der Waals surface area contributed by atoms with Gasteiger partial charge in [-0.05, 0) is 6.42 Å². The summed E-state index contributed by atoms with van der Waals surface area (Å²) in [6.07, 6.45) is 1.65. The predicted molar refractivity (Wildman–Crippen MR) is 22.5 cm³/mol. The van der Waals surface area contributed by atoms with Crippen LogP contribution in [-0.2, 0) is 4.79 Å². The van der Waals surface area contributed by atoms with E-state index in [1.54, 1.807) is 0 Å². The normalized spacial score (nSPS) is 18.0. The Morgan fingerprint density at radius 2 is 2.29 bits per heavy atom. The molecule has 0 aromatic carbocycles. The number of carbonyl (C=O) groups excluding carboxylic acids is 1. The predicted octanol–water partition coefficient (Wildman–Crippen LogP) is 0.681. The van der Waals surface area contributed by atoms with Crippen molar-refractivity contribution in [2.75, 3.05) is 6.54 Å². The average Bonchev–Trinajstić information content (AvgIpc) is 1.86. The summed E-state index contributed by atoms with van der Waals surface area (Å²) >= 11 is 0. The molecule has 0 N–H and O–H groups in total. The number of carbonyl (C=O) groups is 1. The minimum absolute atomic E-state index is 0. The van der Waals surface area contributed by atoms with Gasteiger partial charge in [-0.1, -0.05) is 6.42 Å². The summed E-state index contributed by atoms with van der Waals surface area (Å²) in [6.45, 7) is 0.763. The minimum Gasteiger partial charge on any atom is -0.653 e. The fourth-order valence-electron chi connectivity index (χ4n) is 0.513. The van der Waals surface area contributed by atoms with Crippen molar-refractivity contribution in [3.05, 3.63) is 5.32 Å². The quantitative estimate of drug-likeness (QED) is 0.647. The molecule has 0 aliphatic carbocycles. The van der Waals surface area contributed by atoms with Crippen molar-refractivity contribution in [1.29, 1.82) is 0 Å². The Morgan fingerprint density at radius 1 is 1.57 bits per heavy atom. The van der Waals surface area contributed by atoms with Gasteiger partial charge in [0.25, 0.3) is 0 Å². The molecule has 1 amide bonds. The first-order valence-corrected chi connectivity index (χ1v) is 2.10. The first-order chi connectivity index (χ1) is 2.89. The van der Waals surface area contributed by atoms with Gasteiger partial charge in [-0.2, -0.15) is 0 Å². The summed E-state index contributed by atoms with van der Waals surface area (Å²) in [7, 11) is 0. The van der Waals surface area contributed by atoms with Gasteiger partial charge in [0, 0.05) is 44.1 Å². The van der Waals surface area contributed by atoms with Crippen LogP contribution >= 0.6 is 0 Å².